The van der Waals surface area contributed by atoms with E-state index in [9.17, 15) is 18.0 Å². The van der Waals surface area contributed by atoms with Gasteiger partial charge in [-0.1, -0.05) is 5.92 Å². The molecule has 1 aromatic rings. The van der Waals surface area contributed by atoms with Crippen LogP contribution in [0.3, 0.4) is 0 Å². The SMILES string of the molecule is CC#Cc1cc(C)c(C2C(=O)CCCN(S(=O)(=O)CC3CC3)CCCC2=O)c(C)c1. The van der Waals surface area contributed by atoms with E-state index >= 15 is 0 Å². The Morgan fingerprint density at radius 3 is 2.00 bits per heavy atom. The lowest BCUT2D eigenvalue weighted by atomic mass is 9.81. The van der Waals surface area contributed by atoms with Gasteiger partial charge in [-0.05, 0) is 81.2 Å². The Bertz CT molecular complexity index is 951. The normalized spacial score (nSPS) is 20.0. The van der Waals surface area contributed by atoms with Gasteiger partial charge in [-0.25, -0.2) is 12.7 Å². The summed E-state index contributed by atoms with van der Waals surface area (Å²) >= 11 is 0. The number of nitrogens with zero attached hydrogens (tertiary/aromatic N) is 1. The van der Waals surface area contributed by atoms with Crippen molar-refractivity contribution in [1.82, 2.24) is 4.31 Å². The third-order valence-corrected chi connectivity index (χ3v) is 8.04. The zero-order chi connectivity index (χ0) is 21.9. The molecule has 30 heavy (non-hydrogen) atoms. The van der Waals surface area contributed by atoms with Gasteiger partial charge >= 0.3 is 0 Å². The number of carbonyl (C=O) groups excluding carboxylic acids is 2. The molecule has 0 spiro atoms. The molecule has 2 fully saturated rings. The average molecular weight is 430 g/mol. The molecule has 1 aliphatic heterocycles. The second-order valence-corrected chi connectivity index (χ2v) is 10.6. The van der Waals surface area contributed by atoms with Crippen LogP contribution in [0.1, 0.15) is 73.6 Å². The molecule has 1 saturated carbocycles. The van der Waals surface area contributed by atoms with Gasteiger partial charge in [0.25, 0.3) is 0 Å². The van der Waals surface area contributed by atoms with Gasteiger partial charge in [-0.2, -0.15) is 0 Å². The zero-order valence-corrected chi connectivity index (χ0v) is 19.0. The van der Waals surface area contributed by atoms with Crippen LogP contribution in [0.2, 0.25) is 0 Å². The fourth-order valence-electron chi connectivity index (χ4n) is 4.37. The van der Waals surface area contributed by atoms with E-state index in [1.54, 1.807) is 6.92 Å². The summed E-state index contributed by atoms with van der Waals surface area (Å²) in [4.78, 5) is 26.2. The molecule has 6 heteroatoms. The van der Waals surface area contributed by atoms with E-state index in [2.05, 4.69) is 11.8 Å². The topological polar surface area (TPSA) is 71.5 Å². The molecule has 1 aliphatic carbocycles. The van der Waals surface area contributed by atoms with E-state index in [0.717, 1.165) is 35.1 Å². The van der Waals surface area contributed by atoms with Crippen LogP contribution in [0, 0.1) is 31.6 Å². The van der Waals surface area contributed by atoms with E-state index in [4.69, 9.17) is 0 Å². The third kappa shape index (κ3) is 5.39. The maximum Gasteiger partial charge on any atom is 0.214 e. The number of hydrogen-bond acceptors (Lipinski definition) is 4. The summed E-state index contributed by atoms with van der Waals surface area (Å²) in [5.74, 6) is 5.42. The van der Waals surface area contributed by atoms with E-state index in [0.29, 0.717) is 25.9 Å². The molecular formula is C24H31NO4S. The van der Waals surface area contributed by atoms with Gasteiger partial charge in [0.2, 0.25) is 10.0 Å². The van der Waals surface area contributed by atoms with E-state index in [1.165, 1.54) is 4.31 Å². The highest BCUT2D eigenvalue weighted by Crippen LogP contribution is 2.33. The summed E-state index contributed by atoms with van der Waals surface area (Å²) in [6.45, 7) is 6.33. The standard InChI is InChI=1S/C24H31NO4S/c1-4-7-20-14-17(2)23(18(3)15-20)24-21(26)8-5-12-25(13-6-9-22(24)27)30(28,29)16-19-10-11-19/h14-15,19,24H,5-6,8-13,16H2,1-3H3. The van der Waals surface area contributed by atoms with Crippen LogP contribution in [0.4, 0.5) is 0 Å². The summed E-state index contributed by atoms with van der Waals surface area (Å²) in [7, 11) is -3.31. The zero-order valence-electron chi connectivity index (χ0n) is 18.2. The highest BCUT2D eigenvalue weighted by Gasteiger charge is 2.34. The molecule has 3 rings (SSSR count). The Hall–Kier alpha value is -1.97. The summed E-state index contributed by atoms with van der Waals surface area (Å²) in [6.07, 6.45) is 3.27. The van der Waals surface area contributed by atoms with Gasteiger partial charge in [0, 0.05) is 31.5 Å². The van der Waals surface area contributed by atoms with Crippen molar-refractivity contribution in [2.45, 2.75) is 65.2 Å². The molecule has 0 unspecified atom stereocenters. The predicted molar refractivity (Wildman–Crippen MR) is 118 cm³/mol. The second-order valence-electron chi connectivity index (χ2n) is 8.59. The van der Waals surface area contributed by atoms with Crippen molar-refractivity contribution in [3.8, 4) is 11.8 Å². The first kappa shape index (κ1) is 22.7. The highest BCUT2D eigenvalue weighted by atomic mass is 32.2. The van der Waals surface area contributed by atoms with Gasteiger partial charge < -0.3 is 0 Å². The molecule has 2 aliphatic rings. The predicted octanol–water partition coefficient (Wildman–Crippen LogP) is 3.51. The summed E-state index contributed by atoms with van der Waals surface area (Å²) < 4.78 is 26.8. The molecule has 0 aromatic heterocycles. The van der Waals surface area contributed by atoms with Crippen LogP contribution in [0.15, 0.2) is 12.1 Å². The second kappa shape index (κ2) is 9.45. The van der Waals surface area contributed by atoms with Crippen molar-refractivity contribution in [3.05, 3.63) is 34.4 Å². The molecule has 1 saturated heterocycles. The first-order chi connectivity index (χ1) is 14.2. The minimum absolute atomic E-state index is 0.109. The number of aryl methyl sites for hydroxylation is 2. The number of hydrogen-bond donors (Lipinski definition) is 0. The Kier molecular flexibility index (Phi) is 7.15. The van der Waals surface area contributed by atoms with E-state index in [-0.39, 0.29) is 36.1 Å². The number of ketones is 2. The van der Waals surface area contributed by atoms with Crippen molar-refractivity contribution in [3.63, 3.8) is 0 Å². The molecule has 0 atom stereocenters. The highest BCUT2D eigenvalue weighted by molar-refractivity contribution is 7.89. The molecular weight excluding hydrogens is 398 g/mol. The average Bonchev–Trinajstić information content (AvgIpc) is 3.46. The van der Waals surface area contributed by atoms with Gasteiger partial charge in [0.1, 0.15) is 17.5 Å². The van der Waals surface area contributed by atoms with Crippen LogP contribution < -0.4 is 0 Å². The quantitative estimate of drug-likeness (QED) is 0.542. The van der Waals surface area contributed by atoms with E-state index < -0.39 is 15.9 Å². The Balaban J connectivity index is 1.81. The van der Waals surface area contributed by atoms with Gasteiger partial charge in [0.05, 0.1) is 5.75 Å². The Labute approximate surface area is 180 Å². The molecule has 5 nitrogen and oxygen atoms in total. The minimum atomic E-state index is -3.31. The van der Waals surface area contributed by atoms with Crippen molar-refractivity contribution >= 4 is 21.6 Å². The summed E-state index contributed by atoms with van der Waals surface area (Å²) in [5.41, 5.74) is 3.49. The van der Waals surface area contributed by atoms with Crippen molar-refractivity contribution in [1.29, 1.82) is 0 Å². The molecule has 0 N–H and O–H groups in total. The lowest BCUT2D eigenvalue weighted by molar-refractivity contribution is -0.129. The van der Waals surface area contributed by atoms with Crippen molar-refractivity contribution in [2.24, 2.45) is 5.92 Å². The van der Waals surface area contributed by atoms with Gasteiger partial charge in [-0.15, -0.1) is 5.92 Å². The monoisotopic (exact) mass is 429 g/mol. The maximum absolute atomic E-state index is 13.1. The van der Waals surface area contributed by atoms with Crippen LogP contribution in [0.25, 0.3) is 0 Å². The van der Waals surface area contributed by atoms with Gasteiger partial charge in [0.15, 0.2) is 0 Å². The maximum atomic E-state index is 13.1. The van der Waals surface area contributed by atoms with Crippen molar-refractivity contribution < 1.29 is 18.0 Å². The number of Topliss-reactive ketones (excluding diaryl/α,β-unsaturated/α-hetero) is 2. The smallest absolute Gasteiger partial charge is 0.214 e. The number of rotatable bonds is 4. The molecule has 0 radical (unpaired) electrons. The molecule has 0 amide bonds. The van der Waals surface area contributed by atoms with Crippen LogP contribution in [0.5, 0.6) is 0 Å². The number of sulfonamides is 1. The molecule has 0 bridgehead atoms. The molecule has 1 aromatic carbocycles. The largest absolute Gasteiger partial charge is 0.299 e. The van der Waals surface area contributed by atoms with E-state index in [1.807, 2.05) is 26.0 Å². The van der Waals surface area contributed by atoms with Crippen LogP contribution in [-0.2, 0) is 19.6 Å². The first-order valence-corrected chi connectivity index (χ1v) is 12.4. The molecule has 162 valence electrons. The van der Waals surface area contributed by atoms with Crippen LogP contribution >= 0.6 is 0 Å². The number of carbonyl (C=O) groups is 2. The fourth-order valence-corrected chi connectivity index (χ4v) is 6.33. The minimum Gasteiger partial charge on any atom is -0.299 e. The summed E-state index contributed by atoms with van der Waals surface area (Å²) in [6, 6.07) is 3.87. The Morgan fingerprint density at radius 1 is 1.00 bits per heavy atom. The van der Waals surface area contributed by atoms with Crippen LogP contribution in [-0.4, -0.2) is 43.1 Å². The van der Waals surface area contributed by atoms with Gasteiger partial charge in [-0.3, -0.25) is 9.59 Å². The lowest BCUT2D eigenvalue weighted by Gasteiger charge is -2.25. The third-order valence-electron chi connectivity index (χ3n) is 5.99. The first-order valence-electron chi connectivity index (χ1n) is 10.8. The van der Waals surface area contributed by atoms with Crippen molar-refractivity contribution in [2.75, 3.05) is 18.8 Å². The lowest BCUT2D eigenvalue weighted by Crippen LogP contribution is -2.37. The number of benzene rings is 1. The molecule has 1 heterocycles. The Morgan fingerprint density at radius 2 is 1.53 bits per heavy atom. The summed E-state index contributed by atoms with van der Waals surface area (Å²) in [5, 5.41) is 0. The fraction of sp³-hybridized carbons (Fsp3) is 0.583.